The lowest BCUT2D eigenvalue weighted by Gasteiger charge is -2.26. The van der Waals surface area contributed by atoms with Crippen molar-refractivity contribution in [2.24, 2.45) is 0 Å². The summed E-state index contributed by atoms with van der Waals surface area (Å²) in [6.45, 7) is 0. The van der Waals surface area contributed by atoms with Crippen molar-refractivity contribution >= 4 is 23.6 Å². The predicted octanol–water partition coefficient (Wildman–Crippen LogP) is 3.12. The average Bonchev–Trinajstić information content (AvgIpc) is 2.44. The fourth-order valence-electron chi connectivity index (χ4n) is 2.34. The highest BCUT2D eigenvalue weighted by Gasteiger charge is 2.22. The first-order chi connectivity index (χ1) is 10.1. The largest absolute Gasteiger partial charge is 0.481 e. The summed E-state index contributed by atoms with van der Waals surface area (Å²) in [6, 6.07) is 4.52. The van der Waals surface area contributed by atoms with Gasteiger partial charge in [-0.2, -0.15) is 0 Å². The first-order valence-electron chi connectivity index (χ1n) is 6.99. The summed E-state index contributed by atoms with van der Waals surface area (Å²) in [5.41, 5.74) is 0.838. The Kier molecular flexibility index (Phi) is 5.61. The third-order valence-electron chi connectivity index (χ3n) is 3.39. The molecule has 1 amide bonds. The number of benzene rings is 1. The number of hydrogen-bond acceptors (Lipinski definition) is 3. The molecule has 114 valence electrons. The number of fused-ring (bicyclic) bond motifs is 1. The van der Waals surface area contributed by atoms with Crippen LogP contribution in [0, 0.1) is 5.82 Å². The highest BCUT2D eigenvalue weighted by Crippen LogP contribution is 2.36. The minimum atomic E-state index is -0.843. The molecule has 0 aromatic heterocycles. The van der Waals surface area contributed by atoms with Gasteiger partial charge in [-0.3, -0.25) is 9.59 Å². The first kappa shape index (κ1) is 15.8. The topological polar surface area (TPSA) is 66.4 Å². The molecule has 4 nitrogen and oxygen atoms in total. The minimum absolute atomic E-state index is 0.0847. The van der Waals surface area contributed by atoms with Gasteiger partial charge in [-0.05, 0) is 43.0 Å². The van der Waals surface area contributed by atoms with Crippen LogP contribution in [0.5, 0.6) is 0 Å². The van der Waals surface area contributed by atoms with Gasteiger partial charge < -0.3 is 10.4 Å². The summed E-state index contributed by atoms with van der Waals surface area (Å²) < 4.78 is 13.4. The van der Waals surface area contributed by atoms with Gasteiger partial charge in [-0.1, -0.05) is 0 Å². The third-order valence-corrected chi connectivity index (χ3v) is 4.51. The monoisotopic (exact) mass is 311 g/mol. The van der Waals surface area contributed by atoms with Crippen LogP contribution in [0.25, 0.3) is 0 Å². The second kappa shape index (κ2) is 7.45. The molecule has 0 bridgehead atoms. The van der Waals surface area contributed by atoms with E-state index < -0.39 is 5.97 Å². The molecule has 1 aromatic carbocycles. The summed E-state index contributed by atoms with van der Waals surface area (Å²) >= 11 is 1.67. The zero-order chi connectivity index (χ0) is 15.2. The molecule has 1 aromatic rings. The maximum Gasteiger partial charge on any atom is 0.303 e. The van der Waals surface area contributed by atoms with E-state index in [-0.39, 0.29) is 24.2 Å². The van der Waals surface area contributed by atoms with Gasteiger partial charge in [0.25, 0.3) is 0 Å². The maximum atomic E-state index is 13.4. The Morgan fingerprint density at radius 1 is 1.33 bits per heavy atom. The standard InChI is InChI=1S/C15H18FNO3S/c16-10-5-6-13-11(9-10)12(7-8-21-13)17-14(18)3-1-2-4-15(19)20/h5-6,9,12H,1-4,7-8H2,(H,17,18)(H,19,20). The van der Waals surface area contributed by atoms with E-state index >= 15 is 0 Å². The van der Waals surface area contributed by atoms with Crippen molar-refractivity contribution in [3.8, 4) is 0 Å². The van der Waals surface area contributed by atoms with Gasteiger partial charge in [-0.15, -0.1) is 11.8 Å². The van der Waals surface area contributed by atoms with Crippen molar-refractivity contribution in [3.05, 3.63) is 29.6 Å². The molecule has 0 aliphatic carbocycles. The molecule has 1 aliphatic rings. The zero-order valence-electron chi connectivity index (χ0n) is 11.6. The Bertz CT molecular complexity index is 536. The number of carbonyl (C=O) groups is 2. The normalized spacial score (nSPS) is 17.1. The predicted molar refractivity (Wildman–Crippen MR) is 78.7 cm³/mol. The van der Waals surface area contributed by atoms with Crippen molar-refractivity contribution in [2.75, 3.05) is 5.75 Å². The fourth-order valence-corrected chi connectivity index (χ4v) is 3.45. The average molecular weight is 311 g/mol. The second-order valence-electron chi connectivity index (χ2n) is 5.04. The molecule has 1 heterocycles. The van der Waals surface area contributed by atoms with Crippen LogP contribution in [0.1, 0.15) is 43.7 Å². The van der Waals surface area contributed by atoms with E-state index in [9.17, 15) is 14.0 Å². The summed E-state index contributed by atoms with van der Waals surface area (Å²) in [5, 5.41) is 11.5. The minimum Gasteiger partial charge on any atom is -0.481 e. The second-order valence-corrected chi connectivity index (χ2v) is 6.18. The molecule has 21 heavy (non-hydrogen) atoms. The van der Waals surface area contributed by atoms with Crippen LogP contribution >= 0.6 is 11.8 Å². The molecule has 0 spiro atoms. The van der Waals surface area contributed by atoms with Crippen molar-refractivity contribution in [2.45, 2.75) is 43.0 Å². The number of aliphatic carboxylic acids is 1. The molecular weight excluding hydrogens is 293 g/mol. The highest BCUT2D eigenvalue weighted by atomic mass is 32.2. The lowest BCUT2D eigenvalue weighted by Crippen LogP contribution is -2.30. The summed E-state index contributed by atoms with van der Waals surface area (Å²) in [5.74, 6) is -0.351. The number of amides is 1. The molecule has 2 rings (SSSR count). The molecule has 6 heteroatoms. The van der Waals surface area contributed by atoms with E-state index in [4.69, 9.17) is 5.11 Å². The number of rotatable bonds is 6. The SMILES string of the molecule is O=C(O)CCCCC(=O)NC1CCSc2ccc(F)cc21. The van der Waals surface area contributed by atoms with E-state index in [1.54, 1.807) is 17.8 Å². The molecule has 2 N–H and O–H groups in total. The summed E-state index contributed by atoms with van der Waals surface area (Å²) in [6.07, 6.45) is 2.22. The smallest absolute Gasteiger partial charge is 0.303 e. The number of halogens is 1. The maximum absolute atomic E-state index is 13.4. The molecule has 0 saturated carbocycles. The fraction of sp³-hybridized carbons (Fsp3) is 0.467. The quantitative estimate of drug-likeness (QED) is 0.792. The van der Waals surface area contributed by atoms with E-state index in [1.807, 2.05) is 0 Å². The van der Waals surface area contributed by atoms with E-state index in [0.717, 1.165) is 22.6 Å². The van der Waals surface area contributed by atoms with E-state index in [1.165, 1.54) is 12.1 Å². The van der Waals surface area contributed by atoms with Gasteiger partial charge in [0, 0.05) is 23.5 Å². The number of carbonyl (C=O) groups excluding carboxylic acids is 1. The van der Waals surface area contributed by atoms with Crippen molar-refractivity contribution in [1.29, 1.82) is 0 Å². The number of hydrogen-bond donors (Lipinski definition) is 2. The number of nitrogens with one attached hydrogen (secondary N) is 1. The van der Waals surface area contributed by atoms with E-state index in [0.29, 0.717) is 19.3 Å². The zero-order valence-corrected chi connectivity index (χ0v) is 12.4. The molecule has 1 atom stereocenters. The van der Waals surface area contributed by atoms with E-state index in [2.05, 4.69) is 5.32 Å². The number of unbranched alkanes of at least 4 members (excludes halogenated alkanes) is 1. The highest BCUT2D eigenvalue weighted by molar-refractivity contribution is 7.99. The summed E-state index contributed by atoms with van der Waals surface area (Å²) in [7, 11) is 0. The van der Waals surface area contributed by atoms with Gasteiger partial charge in [0.15, 0.2) is 0 Å². The number of carboxylic acids is 1. The molecular formula is C15H18FNO3S. The Balaban J connectivity index is 1.88. The lowest BCUT2D eigenvalue weighted by molar-refractivity contribution is -0.137. The molecule has 1 aliphatic heterocycles. The Hall–Kier alpha value is -1.56. The van der Waals surface area contributed by atoms with Crippen LogP contribution in [-0.4, -0.2) is 22.7 Å². The van der Waals surface area contributed by atoms with Crippen molar-refractivity contribution in [1.82, 2.24) is 5.32 Å². The number of carboxylic acid groups (broad SMARTS) is 1. The van der Waals surface area contributed by atoms with Crippen molar-refractivity contribution in [3.63, 3.8) is 0 Å². The Morgan fingerprint density at radius 3 is 2.86 bits per heavy atom. The van der Waals surface area contributed by atoms with Crippen LogP contribution in [0.2, 0.25) is 0 Å². The third kappa shape index (κ3) is 4.74. The van der Waals surface area contributed by atoms with Gasteiger partial charge in [0.2, 0.25) is 5.91 Å². The van der Waals surface area contributed by atoms with Gasteiger partial charge in [-0.25, -0.2) is 4.39 Å². The first-order valence-corrected chi connectivity index (χ1v) is 7.98. The molecule has 1 unspecified atom stereocenters. The Labute approximate surface area is 127 Å². The Morgan fingerprint density at radius 2 is 2.10 bits per heavy atom. The van der Waals surface area contributed by atoms with Crippen LogP contribution in [0.3, 0.4) is 0 Å². The van der Waals surface area contributed by atoms with Crippen LogP contribution < -0.4 is 5.32 Å². The van der Waals surface area contributed by atoms with Crippen molar-refractivity contribution < 1.29 is 19.1 Å². The molecule has 0 fully saturated rings. The molecule has 0 radical (unpaired) electrons. The van der Waals surface area contributed by atoms with Crippen LogP contribution in [0.4, 0.5) is 4.39 Å². The molecule has 0 saturated heterocycles. The van der Waals surface area contributed by atoms with Crippen LogP contribution in [-0.2, 0) is 9.59 Å². The van der Waals surface area contributed by atoms with Gasteiger partial charge >= 0.3 is 5.97 Å². The van der Waals surface area contributed by atoms with Crippen LogP contribution in [0.15, 0.2) is 23.1 Å². The number of thioether (sulfide) groups is 1. The van der Waals surface area contributed by atoms with Gasteiger partial charge in [0.05, 0.1) is 6.04 Å². The summed E-state index contributed by atoms with van der Waals surface area (Å²) in [4.78, 5) is 23.3. The lowest BCUT2D eigenvalue weighted by atomic mass is 10.0. The van der Waals surface area contributed by atoms with Gasteiger partial charge in [0.1, 0.15) is 5.82 Å².